The third kappa shape index (κ3) is 9.17. The van der Waals surface area contributed by atoms with Crippen molar-refractivity contribution in [1.29, 1.82) is 0 Å². The standard InChI is InChI=1S/C12H22N4O8/c1-3-7-23-11(21)15(13-9(17)18)5-6-16(14-10(19)20)12(22)24-8-4-2/h13-14H,3-8H2,1-2H3,(H,17,18)(H,19,20). The quantitative estimate of drug-likeness (QED) is 0.496. The van der Waals surface area contributed by atoms with E-state index in [9.17, 15) is 19.2 Å². The smallest absolute Gasteiger partial charge is 0.428 e. The summed E-state index contributed by atoms with van der Waals surface area (Å²) in [6, 6.07) is 0. The topological polar surface area (TPSA) is 158 Å². The highest BCUT2D eigenvalue weighted by Crippen LogP contribution is 1.97. The molecule has 0 bridgehead atoms. The molecule has 0 fully saturated rings. The van der Waals surface area contributed by atoms with Crippen LogP contribution in [0.4, 0.5) is 19.2 Å². The second-order valence-corrected chi connectivity index (χ2v) is 4.37. The second-order valence-electron chi connectivity index (χ2n) is 4.37. The summed E-state index contributed by atoms with van der Waals surface area (Å²) in [6.45, 7) is 2.93. The van der Waals surface area contributed by atoms with Gasteiger partial charge in [0.1, 0.15) is 0 Å². The van der Waals surface area contributed by atoms with E-state index >= 15 is 0 Å². The van der Waals surface area contributed by atoms with Crippen molar-refractivity contribution in [2.45, 2.75) is 26.7 Å². The lowest BCUT2D eigenvalue weighted by molar-refractivity contribution is 0.0573. The van der Waals surface area contributed by atoms with Crippen LogP contribution in [0.15, 0.2) is 0 Å². The van der Waals surface area contributed by atoms with Crippen LogP contribution in [0.25, 0.3) is 0 Å². The third-order valence-electron chi connectivity index (χ3n) is 2.31. The molecule has 0 unspecified atom stereocenters. The van der Waals surface area contributed by atoms with Gasteiger partial charge in [-0.15, -0.1) is 0 Å². The van der Waals surface area contributed by atoms with Crippen LogP contribution in [0.2, 0.25) is 0 Å². The van der Waals surface area contributed by atoms with E-state index < -0.39 is 24.4 Å². The maximum Gasteiger partial charge on any atom is 0.428 e. The van der Waals surface area contributed by atoms with Crippen molar-refractivity contribution in [2.24, 2.45) is 0 Å². The number of carboxylic acid groups (broad SMARTS) is 2. The van der Waals surface area contributed by atoms with Gasteiger partial charge in [0.15, 0.2) is 0 Å². The van der Waals surface area contributed by atoms with Crippen LogP contribution in [0.3, 0.4) is 0 Å². The fourth-order valence-corrected chi connectivity index (χ4v) is 1.35. The van der Waals surface area contributed by atoms with E-state index in [-0.39, 0.29) is 26.3 Å². The summed E-state index contributed by atoms with van der Waals surface area (Å²) < 4.78 is 9.57. The number of amides is 4. The summed E-state index contributed by atoms with van der Waals surface area (Å²) in [5.41, 5.74) is 3.60. The van der Waals surface area contributed by atoms with Crippen LogP contribution in [0.1, 0.15) is 26.7 Å². The second kappa shape index (κ2) is 11.6. The van der Waals surface area contributed by atoms with Gasteiger partial charge in [0.25, 0.3) is 0 Å². The predicted molar refractivity (Wildman–Crippen MR) is 79.0 cm³/mol. The summed E-state index contributed by atoms with van der Waals surface area (Å²) >= 11 is 0. The molecule has 0 heterocycles. The molecule has 4 amide bonds. The van der Waals surface area contributed by atoms with Crippen molar-refractivity contribution in [1.82, 2.24) is 20.9 Å². The lowest BCUT2D eigenvalue weighted by Gasteiger charge is -2.25. The molecule has 0 aromatic rings. The molecule has 0 aliphatic rings. The molecule has 0 atom stereocenters. The summed E-state index contributed by atoms with van der Waals surface area (Å²) in [6.07, 6.45) is -3.93. The summed E-state index contributed by atoms with van der Waals surface area (Å²) in [4.78, 5) is 44.9. The van der Waals surface area contributed by atoms with Crippen molar-refractivity contribution in [3.05, 3.63) is 0 Å². The first-order valence-electron chi connectivity index (χ1n) is 7.19. The van der Waals surface area contributed by atoms with E-state index in [2.05, 4.69) is 0 Å². The van der Waals surface area contributed by atoms with Crippen molar-refractivity contribution in [3.8, 4) is 0 Å². The fraction of sp³-hybridized carbons (Fsp3) is 0.667. The first kappa shape index (κ1) is 21.1. The van der Waals surface area contributed by atoms with Gasteiger partial charge in [-0.2, -0.15) is 0 Å². The normalized spacial score (nSPS) is 9.58. The molecular weight excluding hydrogens is 328 g/mol. The Morgan fingerprint density at radius 2 is 1.12 bits per heavy atom. The minimum atomic E-state index is -1.52. The van der Waals surface area contributed by atoms with Gasteiger partial charge in [-0.05, 0) is 12.8 Å². The number of nitrogens with zero attached hydrogens (tertiary/aromatic N) is 2. The number of carbonyl (C=O) groups excluding carboxylic acids is 2. The largest absolute Gasteiger partial charge is 0.464 e. The molecule has 4 N–H and O–H groups in total. The molecular formula is C12H22N4O8. The third-order valence-corrected chi connectivity index (χ3v) is 2.31. The Hall–Kier alpha value is -2.92. The van der Waals surface area contributed by atoms with Crippen LogP contribution in [-0.2, 0) is 9.47 Å². The summed E-state index contributed by atoms with van der Waals surface area (Å²) in [7, 11) is 0. The van der Waals surface area contributed by atoms with Crippen LogP contribution >= 0.6 is 0 Å². The zero-order valence-corrected chi connectivity index (χ0v) is 13.5. The van der Waals surface area contributed by atoms with Crippen molar-refractivity contribution in [3.63, 3.8) is 0 Å². The van der Waals surface area contributed by atoms with Crippen LogP contribution in [0, 0.1) is 0 Å². The van der Waals surface area contributed by atoms with E-state index in [0.29, 0.717) is 22.9 Å². The molecule has 24 heavy (non-hydrogen) atoms. The highest BCUT2D eigenvalue weighted by atomic mass is 16.6. The average molecular weight is 350 g/mol. The molecule has 0 saturated heterocycles. The van der Waals surface area contributed by atoms with Gasteiger partial charge in [-0.25, -0.2) is 40.0 Å². The number of hydrogen-bond acceptors (Lipinski definition) is 6. The van der Waals surface area contributed by atoms with Crippen molar-refractivity contribution < 1.29 is 38.9 Å². The minimum Gasteiger partial charge on any atom is -0.464 e. The Bertz CT molecular complexity index is 405. The van der Waals surface area contributed by atoms with E-state index in [4.69, 9.17) is 19.7 Å². The van der Waals surface area contributed by atoms with E-state index in [1.165, 1.54) is 0 Å². The molecule has 12 heteroatoms. The predicted octanol–water partition coefficient (Wildman–Crippen LogP) is 1.05. The summed E-state index contributed by atoms with van der Waals surface area (Å²) in [5, 5.41) is 18.6. The number of hydrogen-bond donors (Lipinski definition) is 4. The maximum absolute atomic E-state index is 11.7. The Balaban J connectivity index is 4.81. The first-order valence-corrected chi connectivity index (χ1v) is 7.19. The molecule has 0 aliphatic carbocycles. The molecule has 0 spiro atoms. The molecule has 0 saturated carbocycles. The van der Waals surface area contributed by atoms with Gasteiger partial charge in [0.05, 0.1) is 26.3 Å². The number of nitrogens with one attached hydrogen (secondary N) is 2. The number of ether oxygens (including phenoxy) is 2. The molecule has 0 rings (SSSR count). The molecule has 0 aliphatic heterocycles. The van der Waals surface area contributed by atoms with Gasteiger partial charge in [0, 0.05) is 0 Å². The first-order chi connectivity index (χ1) is 11.3. The molecule has 12 nitrogen and oxygen atoms in total. The van der Waals surface area contributed by atoms with Gasteiger partial charge in [-0.1, -0.05) is 13.8 Å². The Morgan fingerprint density at radius 3 is 1.38 bits per heavy atom. The van der Waals surface area contributed by atoms with Crippen LogP contribution < -0.4 is 10.9 Å². The zero-order valence-electron chi connectivity index (χ0n) is 13.5. The number of carbonyl (C=O) groups is 4. The Morgan fingerprint density at radius 1 is 0.792 bits per heavy atom. The van der Waals surface area contributed by atoms with Crippen molar-refractivity contribution in [2.75, 3.05) is 26.3 Å². The molecule has 0 aromatic heterocycles. The van der Waals surface area contributed by atoms with Gasteiger partial charge in [-0.3, -0.25) is 0 Å². The van der Waals surface area contributed by atoms with Crippen molar-refractivity contribution >= 4 is 24.4 Å². The molecule has 0 aromatic carbocycles. The lowest BCUT2D eigenvalue weighted by atomic mass is 10.5. The zero-order chi connectivity index (χ0) is 18.5. The Kier molecular flexibility index (Phi) is 10.2. The van der Waals surface area contributed by atoms with Gasteiger partial charge >= 0.3 is 24.4 Å². The highest BCUT2D eigenvalue weighted by Gasteiger charge is 2.22. The number of hydrazine groups is 2. The monoisotopic (exact) mass is 350 g/mol. The fourth-order valence-electron chi connectivity index (χ4n) is 1.35. The number of rotatable bonds is 7. The molecule has 138 valence electrons. The molecule has 0 radical (unpaired) electrons. The lowest BCUT2D eigenvalue weighted by Crippen LogP contribution is -2.53. The SMILES string of the molecule is CCCOC(=O)N(CCN(NC(=O)O)C(=O)OCCC)NC(=O)O. The van der Waals surface area contributed by atoms with Gasteiger partial charge in [0.2, 0.25) is 0 Å². The van der Waals surface area contributed by atoms with Gasteiger partial charge < -0.3 is 19.7 Å². The average Bonchev–Trinajstić information content (AvgIpc) is 2.51. The van der Waals surface area contributed by atoms with Crippen LogP contribution in [-0.4, -0.2) is 70.9 Å². The Labute approximate surface area is 138 Å². The van der Waals surface area contributed by atoms with E-state index in [0.717, 1.165) is 0 Å². The maximum atomic E-state index is 11.7. The van der Waals surface area contributed by atoms with E-state index in [1.807, 2.05) is 0 Å². The minimum absolute atomic E-state index is 0.0757. The summed E-state index contributed by atoms with van der Waals surface area (Å²) in [5.74, 6) is 0. The van der Waals surface area contributed by atoms with Crippen LogP contribution in [0.5, 0.6) is 0 Å². The van der Waals surface area contributed by atoms with E-state index in [1.54, 1.807) is 24.7 Å². The highest BCUT2D eigenvalue weighted by molar-refractivity contribution is 5.74.